The molecule has 0 radical (unpaired) electrons. The van der Waals surface area contributed by atoms with Crippen LogP contribution < -0.4 is 16.0 Å². The van der Waals surface area contributed by atoms with Crippen molar-refractivity contribution in [3.63, 3.8) is 0 Å². The molecule has 132 valence electrons. The lowest BCUT2D eigenvalue weighted by atomic mass is 9.95. The van der Waals surface area contributed by atoms with E-state index in [1.165, 1.54) is 19.3 Å². The van der Waals surface area contributed by atoms with Crippen molar-refractivity contribution in [3.8, 4) is 0 Å². The monoisotopic (exact) mass is 350 g/mol. The summed E-state index contributed by atoms with van der Waals surface area (Å²) in [5.74, 6) is 0.640. The first-order valence-corrected chi connectivity index (χ1v) is 9.11. The molecule has 1 saturated carbocycles. The largest absolute Gasteiger partial charge is 0.357 e. The fraction of sp³-hybridized carbons (Fsp3) is 0.556. The minimum atomic E-state index is 0.0187. The number of hydrogen-bond donors (Lipinski definition) is 3. The fourth-order valence-electron chi connectivity index (χ4n) is 2.82. The number of guanidine groups is 1. The molecule has 1 aliphatic rings. The number of carbonyl (C=O) groups is 1. The maximum absolute atomic E-state index is 12.1. The van der Waals surface area contributed by atoms with Gasteiger partial charge in [-0.25, -0.2) is 4.99 Å². The van der Waals surface area contributed by atoms with Gasteiger partial charge in [0.2, 0.25) is 5.91 Å². The van der Waals surface area contributed by atoms with Crippen molar-refractivity contribution < 1.29 is 4.79 Å². The van der Waals surface area contributed by atoms with Crippen molar-refractivity contribution >= 4 is 23.5 Å². The van der Waals surface area contributed by atoms with Crippen LogP contribution in [0.25, 0.3) is 0 Å². The second-order valence-electron chi connectivity index (χ2n) is 6.04. The van der Waals surface area contributed by atoms with Crippen LogP contribution in [0.3, 0.4) is 0 Å². The summed E-state index contributed by atoms with van der Waals surface area (Å²) in [5, 5.41) is 10.0. The molecular formula is C18H27ClN4O. The summed E-state index contributed by atoms with van der Waals surface area (Å²) in [6.07, 6.45) is 5.88. The van der Waals surface area contributed by atoms with Gasteiger partial charge < -0.3 is 16.0 Å². The van der Waals surface area contributed by atoms with Gasteiger partial charge in [-0.1, -0.05) is 49.1 Å². The topological polar surface area (TPSA) is 65.5 Å². The second kappa shape index (κ2) is 10.2. The number of hydrogen-bond acceptors (Lipinski definition) is 2. The maximum atomic E-state index is 12.1. The molecule has 1 amide bonds. The Morgan fingerprint density at radius 2 is 1.96 bits per heavy atom. The number of nitrogens with zero attached hydrogens (tertiary/aromatic N) is 1. The van der Waals surface area contributed by atoms with Gasteiger partial charge in [0.05, 0.1) is 13.1 Å². The highest BCUT2D eigenvalue weighted by Gasteiger charge is 2.15. The van der Waals surface area contributed by atoms with Gasteiger partial charge in [0.15, 0.2) is 5.96 Å². The van der Waals surface area contributed by atoms with Crippen molar-refractivity contribution in [3.05, 3.63) is 34.9 Å². The number of aliphatic imine (C=N–C) groups is 1. The van der Waals surface area contributed by atoms with Crippen LogP contribution in [0, 0.1) is 0 Å². The van der Waals surface area contributed by atoms with E-state index in [4.69, 9.17) is 11.6 Å². The first-order valence-electron chi connectivity index (χ1n) is 8.74. The molecule has 3 N–H and O–H groups in total. The van der Waals surface area contributed by atoms with Crippen molar-refractivity contribution in [2.45, 2.75) is 51.6 Å². The molecule has 0 bridgehead atoms. The Hall–Kier alpha value is -1.75. The summed E-state index contributed by atoms with van der Waals surface area (Å²) in [6, 6.07) is 7.97. The molecule has 24 heavy (non-hydrogen) atoms. The van der Waals surface area contributed by atoms with Crippen molar-refractivity contribution in [2.75, 3.05) is 13.1 Å². The highest BCUT2D eigenvalue weighted by Crippen LogP contribution is 2.17. The van der Waals surface area contributed by atoms with E-state index in [-0.39, 0.29) is 12.5 Å². The first kappa shape index (κ1) is 18.6. The standard InChI is InChI=1S/C18H27ClN4O/c1-2-20-18(21-12-14-8-6-7-11-16(14)19)22-13-17(24)23-15-9-4-3-5-10-15/h6-8,11,15H,2-5,9-10,12-13H2,1H3,(H,23,24)(H2,20,21,22). The van der Waals surface area contributed by atoms with E-state index in [1.807, 2.05) is 31.2 Å². The molecule has 6 heteroatoms. The van der Waals surface area contributed by atoms with E-state index in [9.17, 15) is 4.79 Å². The number of nitrogens with one attached hydrogen (secondary N) is 3. The molecule has 1 fully saturated rings. The fourth-order valence-corrected chi connectivity index (χ4v) is 3.02. The first-order chi connectivity index (χ1) is 11.7. The van der Waals surface area contributed by atoms with Crippen LogP contribution in [-0.2, 0) is 11.3 Å². The Morgan fingerprint density at radius 1 is 1.21 bits per heavy atom. The van der Waals surface area contributed by atoms with Crippen LogP contribution in [0.15, 0.2) is 29.3 Å². The summed E-state index contributed by atoms with van der Waals surface area (Å²) in [5.41, 5.74) is 0.961. The summed E-state index contributed by atoms with van der Waals surface area (Å²) in [4.78, 5) is 16.6. The molecule has 5 nitrogen and oxygen atoms in total. The smallest absolute Gasteiger partial charge is 0.239 e. The number of amides is 1. The van der Waals surface area contributed by atoms with E-state index < -0.39 is 0 Å². The van der Waals surface area contributed by atoms with Gasteiger partial charge in [-0.05, 0) is 31.4 Å². The van der Waals surface area contributed by atoms with Gasteiger partial charge in [0, 0.05) is 17.6 Å². The Kier molecular flexibility index (Phi) is 7.89. The molecule has 0 atom stereocenters. The Labute approximate surface area is 149 Å². The highest BCUT2D eigenvalue weighted by atomic mass is 35.5. The molecule has 1 aromatic rings. The number of carbonyl (C=O) groups excluding carboxylic acids is 1. The van der Waals surface area contributed by atoms with Crippen molar-refractivity contribution in [1.82, 2.24) is 16.0 Å². The zero-order valence-electron chi connectivity index (χ0n) is 14.3. The van der Waals surface area contributed by atoms with E-state index in [0.29, 0.717) is 23.6 Å². The molecule has 0 spiro atoms. The maximum Gasteiger partial charge on any atom is 0.239 e. The van der Waals surface area contributed by atoms with E-state index >= 15 is 0 Å². The Balaban J connectivity index is 1.82. The average Bonchev–Trinajstić information content (AvgIpc) is 2.59. The van der Waals surface area contributed by atoms with Gasteiger partial charge >= 0.3 is 0 Å². The summed E-state index contributed by atoms with van der Waals surface area (Å²) >= 11 is 6.15. The second-order valence-corrected chi connectivity index (χ2v) is 6.45. The van der Waals surface area contributed by atoms with E-state index in [2.05, 4.69) is 20.9 Å². The molecule has 0 unspecified atom stereocenters. The molecule has 0 aromatic heterocycles. The Morgan fingerprint density at radius 3 is 2.67 bits per heavy atom. The minimum absolute atomic E-state index is 0.0187. The van der Waals surface area contributed by atoms with Crippen LogP contribution in [0.4, 0.5) is 0 Å². The SMILES string of the molecule is CCNC(=NCc1ccccc1Cl)NCC(=O)NC1CCCCC1. The molecule has 0 saturated heterocycles. The third-order valence-corrected chi connectivity index (χ3v) is 4.46. The van der Waals surface area contributed by atoms with Crippen LogP contribution >= 0.6 is 11.6 Å². The van der Waals surface area contributed by atoms with Crippen LogP contribution in [0.2, 0.25) is 5.02 Å². The van der Waals surface area contributed by atoms with Crippen molar-refractivity contribution in [1.29, 1.82) is 0 Å². The lowest BCUT2D eigenvalue weighted by Crippen LogP contribution is -2.46. The van der Waals surface area contributed by atoms with Crippen LogP contribution in [0.5, 0.6) is 0 Å². The molecule has 1 aromatic carbocycles. The molecule has 1 aliphatic carbocycles. The normalized spacial score (nSPS) is 15.8. The van der Waals surface area contributed by atoms with Gasteiger partial charge in [-0.15, -0.1) is 0 Å². The molecule has 0 aliphatic heterocycles. The third-order valence-electron chi connectivity index (χ3n) is 4.10. The zero-order valence-corrected chi connectivity index (χ0v) is 15.0. The zero-order chi connectivity index (χ0) is 17.2. The molecule has 0 heterocycles. The summed E-state index contributed by atoms with van der Waals surface area (Å²) < 4.78 is 0. The molecular weight excluding hydrogens is 324 g/mol. The highest BCUT2D eigenvalue weighted by molar-refractivity contribution is 6.31. The van der Waals surface area contributed by atoms with Gasteiger partial charge in [-0.2, -0.15) is 0 Å². The molecule has 2 rings (SSSR count). The summed E-state index contributed by atoms with van der Waals surface area (Å²) in [7, 11) is 0. The Bertz CT molecular complexity index is 556. The van der Waals surface area contributed by atoms with Crippen molar-refractivity contribution in [2.24, 2.45) is 4.99 Å². The number of benzene rings is 1. The average molecular weight is 351 g/mol. The van der Waals surface area contributed by atoms with Crippen LogP contribution in [0.1, 0.15) is 44.6 Å². The third kappa shape index (κ3) is 6.40. The number of rotatable bonds is 6. The predicted octanol–water partition coefficient (Wildman–Crippen LogP) is 2.84. The predicted molar refractivity (Wildman–Crippen MR) is 99.3 cm³/mol. The van der Waals surface area contributed by atoms with Crippen LogP contribution in [-0.4, -0.2) is 31.0 Å². The van der Waals surface area contributed by atoms with E-state index in [0.717, 1.165) is 24.9 Å². The summed E-state index contributed by atoms with van der Waals surface area (Å²) in [6.45, 7) is 3.43. The minimum Gasteiger partial charge on any atom is -0.357 e. The van der Waals surface area contributed by atoms with Gasteiger partial charge in [-0.3, -0.25) is 4.79 Å². The quantitative estimate of drug-likeness (QED) is 0.546. The van der Waals surface area contributed by atoms with Gasteiger partial charge in [0.1, 0.15) is 0 Å². The lowest BCUT2D eigenvalue weighted by molar-refractivity contribution is -0.120. The number of halogens is 1. The lowest BCUT2D eigenvalue weighted by Gasteiger charge is -2.23. The van der Waals surface area contributed by atoms with Gasteiger partial charge in [0.25, 0.3) is 0 Å². The van der Waals surface area contributed by atoms with E-state index in [1.54, 1.807) is 0 Å².